The van der Waals surface area contributed by atoms with Crippen LogP contribution in [0.15, 0.2) is 67.7 Å². The first-order valence-electron chi connectivity index (χ1n) is 8.72. The Labute approximate surface area is 177 Å². The summed E-state index contributed by atoms with van der Waals surface area (Å²) in [6.07, 6.45) is 1.62. The molecule has 4 aromatic rings. The number of rotatable bonds is 3. The Morgan fingerprint density at radius 2 is 2.03 bits per heavy atom. The van der Waals surface area contributed by atoms with E-state index in [9.17, 15) is 9.59 Å². The van der Waals surface area contributed by atoms with Crippen LogP contribution in [0.5, 0.6) is 5.75 Å². The smallest absolute Gasteiger partial charge is 0.297 e. The first kappa shape index (κ1) is 18.1. The van der Waals surface area contributed by atoms with Crippen LogP contribution in [0.4, 0.5) is 5.13 Å². The lowest BCUT2D eigenvalue weighted by atomic mass is 9.98. The zero-order chi connectivity index (χ0) is 20.1. The summed E-state index contributed by atoms with van der Waals surface area (Å²) in [7, 11) is 1.56. The maximum atomic E-state index is 13.5. The molecule has 0 N–H and O–H groups in total. The van der Waals surface area contributed by atoms with Gasteiger partial charge in [-0.05, 0) is 24.3 Å². The fourth-order valence-corrected chi connectivity index (χ4v) is 4.69. The Hall–Kier alpha value is -2.97. The molecule has 8 heteroatoms. The van der Waals surface area contributed by atoms with E-state index in [4.69, 9.17) is 9.15 Å². The number of thiazole rings is 1. The molecule has 0 saturated carbocycles. The molecule has 29 heavy (non-hydrogen) atoms. The zero-order valence-corrected chi connectivity index (χ0v) is 17.5. The van der Waals surface area contributed by atoms with Crippen LogP contribution in [0.2, 0.25) is 0 Å². The minimum absolute atomic E-state index is 0.0379. The molecule has 144 valence electrons. The van der Waals surface area contributed by atoms with Gasteiger partial charge in [0.2, 0.25) is 5.76 Å². The van der Waals surface area contributed by atoms with E-state index < -0.39 is 11.9 Å². The molecule has 6 nitrogen and oxygen atoms in total. The number of para-hydroxylation sites is 1. The van der Waals surface area contributed by atoms with Gasteiger partial charge in [-0.2, -0.15) is 0 Å². The van der Waals surface area contributed by atoms with Crippen molar-refractivity contribution in [2.45, 2.75) is 6.04 Å². The quantitative estimate of drug-likeness (QED) is 0.432. The highest BCUT2D eigenvalue weighted by atomic mass is 79.9. The van der Waals surface area contributed by atoms with E-state index in [2.05, 4.69) is 20.9 Å². The molecule has 0 bridgehead atoms. The van der Waals surface area contributed by atoms with Gasteiger partial charge in [-0.1, -0.05) is 34.1 Å². The maximum Gasteiger partial charge on any atom is 0.297 e. The summed E-state index contributed by atoms with van der Waals surface area (Å²) in [5.74, 6) is 0.220. The van der Waals surface area contributed by atoms with E-state index in [-0.39, 0.29) is 11.2 Å². The summed E-state index contributed by atoms with van der Waals surface area (Å²) < 4.78 is 12.2. The van der Waals surface area contributed by atoms with Crippen molar-refractivity contribution in [3.8, 4) is 5.75 Å². The van der Waals surface area contributed by atoms with E-state index in [0.29, 0.717) is 33.0 Å². The Kier molecular flexibility index (Phi) is 4.25. The Morgan fingerprint density at radius 1 is 1.21 bits per heavy atom. The monoisotopic (exact) mass is 468 g/mol. The fraction of sp³-hybridized carbons (Fsp3) is 0.0952. The van der Waals surface area contributed by atoms with Gasteiger partial charge in [-0.25, -0.2) is 4.98 Å². The van der Waals surface area contributed by atoms with Gasteiger partial charge >= 0.3 is 0 Å². The number of methoxy groups -OCH3 is 1. The minimum atomic E-state index is -0.695. The van der Waals surface area contributed by atoms with Crippen molar-refractivity contribution in [2.24, 2.45) is 0 Å². The van der Waals surface area contributed by atoms with Crippen molar-refractivity contribution in [1.82, 2.24) is 4.98 Å². The number of hydrogen-bond acceptors (Lipinski definition) is 6. The molecule has 3 heterocycles. The summed E-state index contributed by atoms with van der Waals surface area (Å²) in [6, 6.07) is 11.8. The van der Waals surface area contributed by atoms with E-state index in [0.717, 1.165) is 4.47 Å². The van der Waals surface area contributed by atoms with Crippen LogP contribution in [-0.4, -0.2) is 18.0 Å². The minimum Gasteiger partial charge on any atom is -0.496 e. The Balaban J connectivity index is 1.86. The number of nitrogens with zero attached hydrogens (tertiary/aromatic N) is 2. The molecule has 1 aliphatic heterocycles. The van der Waals surface area contributed by atoms with Crippen molar-refractivity contribution < 1.29 is 13.9 Å². The normalized spacial score (nSPS) is 15.7. The van der Waals surface area contributed by atoms with Crippen LogP contribution in [0.3, 0.4) is 0 Å². The number of ether oxygens (including phenoxy) is 1. The summed E-state index contributed by atoms with van der Waals surface area (Å²) in [6.45, 7) is 0. The van der Waals surface area contributed by atoms with Crippen LogP contribution < -0.4 is 15.1 Å². The number of aromatic nitrogens is 1. The molecule has 0 aliphatic carbocycles. The number of amides is 1. The topological polar surface area (TPSA) is 72.6 Å². The average Bonchev–Trinajstić information content (AvgIpc) is 3.35. The molecule has 0 saturated heterocycles. The molecular weight excluding hydrogens is 456 g/mol. The number of carbonyl (C=O) groups is 1. The standard InChI is InChI=1S/C21H13BrN2O4S/c1-27-14-5-3-2-4-12(14)17-16-18(25)13-10-11(22)6-7-15(13)28-19(16)20(26)24(17)21-23-8-9-29-21/h2-10,17H,1H3. The third-order valence-corrected chi connectivity index (χ3v) is 6.16. The van der Waals surface area contributed by atoms with Crippen LogP contribution in [0.1, 0.15) is 27.7 Å². The molecule has 1 atom stereocenters. The highest BCUT2D eigenvalue weighted by molar-refractivity contribution is 9.10. The Bertz CT molecular complexity index is 1320. The van der Waals surface area contributed by atoms with E-state index in [1.165, 1.54) is 16.2 Å². The van der Waals surface area contributed by atoms with Crippen LogP contribution in [-0.2, 0) is 0 Å². The lowest BCUT2D eigenvalue weighted by Crippen LogP contribution is -2.29. The van der Waals surface area contributed by atoms with Gasteiger partial charge in [-0.3, -0.25) is 14.5 Å². The molecular formula is C21H13BrN2O4S. The van der Waals surface area contributed by atoms with Crippen molar-refractivity contribution in [3.05, 3.63) is 85.6 Å². The zero-order valence-electron chi connectivity index (χ0n) is 15.1. The highest BCUT2D eigenvalue weighted by Gasteiger charge is 2.45. The van der Waals surface area contributed by atoms with Gasteiger partial charge < -0.3 is 9.15 Å². The molecule has 0 spiro atoms. The number of halogens is 1. The third-order valence-electron chi connectivity index (χ3n) is 4.89. The lowest BCUT2D eigenvalue weighted by molar-refractivity contribution is 0.0971. The van der Waals surface area contributed by atoms with Crippen molar-refractivity contribution in [1.29, 1.82) is 0 Å². The van der Waals surface area contributed by atoms with E-state index in [1.807, 2.05) is 18.2 Å². The molecule has 0 fully saturated rings. The van der Waals surface area contributed by atoms with Gasteiger partial charge in [0.25, 0.3) is 5.91 Å². The van der Waals surface area contributed by atoms with E-state index >= 15 is 0 Å². The molecule has 1 unspecified atom stereocenters. The molecule has 5 rings (SSSR count). The first-order chi connectivity index (χ1) is 14.1. The van der Waals surface area contributed by atoms with Crippen molar-refractivity contribution in [3.63, 3.8) is 0 Å². The molecule has 2 aromatic carbocycles. The second-order valence-electron chi connectivity index (χ2n) is 6.45. The number of benzene rings is 2. The lowest BCUT2D eigenvalue weighted by Gasteiger charge is -2.24. The third kappa shape index (κ3) is 2.71. The highest BCUT2D eigenvalue weighted by Crippen LogP contribution is 2.44. The van der Waals surface area contributed by atoms with Crippen LogP contribution >= 0.6 is 27.3 Å². The molecule has 0 radical (unpaired) electrons. The largest absolute Gasteiger partial charge is 0.496 e. The summed E-state index contributed by atoms with van der Waals surface area (Å²) >= 11 is 4.72. The van der Waals surface area contributed by atoms with Gasteiger partial charge in [0.1, 0.15) is 17.4 Å². The molecule has 1 amide bonds. The number of hydrogen-bond donors (Lipinski definition) is 0. The van der Waals surface area contributed by atoms with Crippen LogP contribution in [0.25, 0.3) is 11.0 Å². The number of fused-ring (bicyclic) bond motifs is 2. The fourth-order valence-electron chi connectivity index (χ4n) is 3.66. The van der Waals surface area contributed by atoms with Gasteiger partial charge in [0.05, 0.1) is 18.1 Å². The predicted octanol–water partition coefficient (Wildman–Crippen LogP) is 4.77. The van der Waals surface area contributed by atoms with Gasteiger partial charge in [0, 0.05) is 21.6 Å². The van der Waals surface area contributed by atoms with E-state index in [1.54, 1.807) is 43.0 Å². The molecule has 2 aromatic heterocycles. The van der Waals surface area contributed by atoms with Crippen molar-refractivity contribution in [2.75, 3.05) is 12.0 Å². The number of anilines is 1. The summed E-state index contributed by atoms with van der Waals surface area (Å²) in [4.78, 5) is 32.7. The second kappa shape index (κ2) is 6.82. The molecule has 1 aliphatic rings. The van der Waals surface area contributed by atoms with Crippen LogP contribution in [0, 0.1) is 0 Å². The van der Waals surface area contributed by atoms with Gasteiger partial charge in [-0.15, -0.1) is 11.3 Å². The summed E-state index contributed by atoms with van der Waals surface area (Å²) in [5, 5.41) is 2.68. The Morgan fingerprint density at radius 3 is 2.79 bits per heavy atom. The maximum absolute atomic E-state index is 13.5. The second-order valence-corrected chi connectivity index (χ2v) is 8.24. The number of carbonyl (C=O) groups excluding carboxylic acids is 1. The predicted molar refractivity (Wildman–Crippen MR) is 114 cm³/mol. The first-order valence-corrected chi connectivity index (χ1v) is 10.4. The summed E-state index contributed by atoms with van der Waals surface area (Å²) in [5.41, 5.74) is 1.11. The SMILES string of the molecule is COc1ccccc1C1c2c(oc3ccc(Br)cc3c2=O)C(=O)N1c1nccs1. The van der Waals surface area contributed by atoms with Crippen molar-refractivity contribution >= 4 is 49.3 Å². The van der Waals surface area contributed by atoms with Gasteiger partial charge in [0.15, 0.2) is 10.6 Å². The average molecular weight is 469 g/mol.